The van der Waals surface area contributed by atoms with Gasteiger partial charge in [-0.15, -0.1) is 0 Å². The summed E-state index contributed by atoms with van der Waals surface area (Å²) in [5.41, 5.74) is 0.861. The standard InChI is InChI=1S/C9H6ClN2OS/c10-7-3-1-6(2-4-7)9-11-8(5-14)13-12-9/h1-5,14H. The van der Waals surface area contributed by atoms with E-state index < -0.39 is 0 Å². The third-order valence-corrected chi connectivity index (χ3v) is 2.13. The van der Waals surface area contributed by atoms with Gasteiger partial charge in [0.15, 0.2) is 0 Å². The van der Waals surface area contributed by atoms with Crippen molar-refractivity contribution in [3.63, 3.8) is 0 Å². The van der Waals surface area contributed by atoms with Crippen molar-refractivity contribution in [2.45, 2.75) is 0 Å². The molecule has 2 aromatic rings. The lowest BCUT2D eigenvalue weighted by Crippen LogP contribution is -1.80. The van der Waals surface area contributed by atoms with Crippen molar-refractivity contribution in [3.8, 4) is 11.4 Å². The van der Waals surface area contributed by atoms with E-state index in [4.69, 9.17) is 16.1 Å². The van der Waals surface area contributed by atoms with Crippen LogP contribution in [-0.2, 0) is 0 Å². The van der Waals surface area contributed by atoms with E-state index in [0.717, 1.165) is 5.56 Å². The highest BCUT2D eigenvalue weighted by Gasteiger charge is 2.06. The van der Waals surface area contributed by atoms with Crippen LogP contribution >= 0.6 is 24.2 Å². The summed E-state index contributed by atoms with van der Waals surface area (Å²) in [4.78, 5) is 4.08. The molecule has 0 aliphatic heterocycles. The first-order valence-electron chi connectivity index (χ1n) is 3.86. The van der Waals surface area contributed by atoms with Gasteiger partial charge in [0.25, 0.3) is 0 Å². The molecule has 1 heterocycles. The highest BCUT2D eigenvalue weighted by molar-refractivity contribution is 7.82. The Bertz CT molecular complexity index is 427. The molecule has 0 unspecified atom stereocenters. The molecule has 5 heteroatoms. The molecule has 1 aromatic carbocycles. The first-order chi connectivity index (χ1) is 6.79. The van der Waals surface area contributed by atoms with Gasteiger partial charge < -0.3 is 4.52 Å². The van der Waals surface area contributed by atoms with Crippen LogP contribution in [0, 0.1) is 5.75 Å². The van der Waals surface area contributed by atoms with E-state index in [1.165, 1.54) is 5.75 Å². The number of rotatable bonds is 2. The van der Waals surface area contributed by atoms with Gasteiger partial charge in [-0.25, -0.2) is 0 Å². The number of aromatic nitrogens is 2. The molecule has 2 rings (SSSR count). The van der Waals surface area contributed by atoms with Gasteiger partial charge in [0.2, 0.25) is 11.7 Å². The smallest absolute Gasteiger partial charge is 0.241 e. The molecular formula is C9H6ClN2OS. The van der Waals surface area contributed by atoms with Gasteiger partial charge in [0, 0.05) is 10.6 Å². The quantitative estimate of drug-likeness (QED) is 0.799. The Hall–Kier alpha value is -1.00. The molecule has 71 valence electrons. The molecule has 0 saturated carbocycles. The van der Waals surface area contributed by atoms with Crippen LogP contribution in [0.25, 0.3) is 11.4 Å². The van der Waals surface area contributed by atoms with Gasteiger partial charge in [-0.1, -0.05) is 16.8 Å². The number of hydrogen-bond acceptors (Lipinski definition) is 4. The Balaban J connectivity index is 2.34. The van der Waals surface area contributed by atoms with E-state index >= 15 is 0 Å². The molecule has 0 bridgehead atoms. The first-order valence-corrected chi connectivity index (χ1v) is 4.76. The number of hydrogen-bond donors (Lipinski definition) is 1. The van der Waals surface area contributed by atoms with Gasteiger partial charge in [0.1, 0.15) is 5.75 Å². The van der Waals surface area contributed by atoms with Crippen molar-refractivity contribution < 1.29 is 4.52 Å². The number of thiol groups is 1. The Labute approximate surface area is 91.5 Å². The summed E-state index contributed by atoms with van der Waals surface area (Å²) in [6, 6.07) is 7.21. The summed E-state index contributed by atoms with van der Waals surface area (Å²) in [7, 11) is 0. The average molecular weight is 226 g/mol. The molecule has 0 saturated heterocycles. The van der Waals surface area contributed by atoms with Crippen LogP contribution in [0.5, 0.6) is 0 Å². The zero-order valence-electron chi connectivity index (χ0n) is 7.01. The average Bonchev–Trinajstić information content (AvgIpc) is 2.67. The van der Waals surface area contributed by atoms with Gasteiger partial charge >= 0.3 is 0 Å². The number of halogens is 1. The second-order valence-corrected chi connectivity index (χ2v) is 3.29. The molecule has 1 aromatic heterocycles. The molecule has 1 radical (unpaired) electrons. The lowest BCUT2D eigenvalue weighted by molar-refractivity contribution is 0.403. The van der Waals surface area contributed by atoms with E-state index in [1.54, 1.807) is 12.1 Å². The Morgan fingerprint density at radius 1 is 1.29 bits per heavy atom. The predicted octanol–water partition coefficient (Wildman–Crippen LogP) is 2.83. The highest BCUT2D eigenvalue weighted by atomic mass is 35.5. The van der Waals surface area contributed by atoms with Crippen LogP contribution in [0.3, 0.4) is 0 Å². The zero-order chi connectivity index (χ0) is 9.97. The van der Waals surface area contributed by atoms with Crippen LogP contribution in [0.15, 0.2) is 28.8 Å². The number of nitrogens with zero attached hydrogens (tertiary/aromatic N) is 2. The summed E-state index contributed by atoms with van der Waals surface area (Å²) in [5, 5.41) is 4.46. The van der Waals surface area contributed by atoms with E-state index in [1.807, 2.05) is 12.1 Å². The molecule has 0 amide bonds. The largest absolute Gasteiger partial charge is 0.338 e. The summed E-state index contributed by atoms with van der Waals surface area (Å²) in [6.07, 6.45) is 0. The molecule has 0 atom stereocenters. The fourth-order valence-electron chi connectivity index (χ4n) is 1.00. The predicted molar refractivity (Wildman–Crippen MR) is 57.1 cm³/mol. The fourth-order valence-corrected chi connectivity index (χ4v) is 1.23. The zero-order valence-corrected chi connectivity index (χ0v) is 8.66. The lowest BCUT2D eigenvalue weighted by atomic mass is 10.2. The minimum atomic E-state index is 0.387. The van der Waals surface area contributed by atoms with Crippen molar-refractivity contribution in [2.24, 2.45) is 0 Å². The van der Waals surface area contributed by atoms with E-state index in [2.05, 4.69) is 22.8 Å². The second-order valence-electron chi connectivity index (χ2n) is 2.59. The molecule has 0 aliphatic rings. The fraction of sp³-hybridized carbons (Fsp3) is 0. The van der Waals surface area contributed by atoms with Crippen LogP contribution in [0.4, 0.5) is 0 Å². The molecule has 0 aliphatic carbocycles. The maximum Gasteiger partial charge on any atom is 0.241 e. The normalized spacial score (nSPS) is 10.4. The van der Waals surface area contributed by atoms with Crippen LogP contribution in [0.2, 0.25) is 5.02 Å². The molecule has 0 spiro atoms. The van der Waals surface area contributed by atoms with Gasteiger partial charge in [0.05, 0.1) is 0 Å². The highest BCUT2D eigenvalue weighted by Crippen LogP contribution is 2.19. The number of benzene rings is 1. The Morgan fingerprint density at radius 2 is 2.00 bits per heavy atom. The Morgan fingerprint density at radius 3 is 2.57 bits per heavy atom. The lowest BCUT2D eigenvalue weighted by Gasteiger charge is -1.92. The van der Waals surface area contributed by atoms with Gasteiger partial charge in [-0.05, 0) is 24.3 Å². The van der Waals surface area contributed by atoms with Gasteiger partial charge in [-0.3, -0.25) is 0 Å². The minimum Gasteiger partial charge on any atom is -0.338 e. The summed E-state index contributed by atoms with van der Waals surface area (Å²) in [6.45, 7) is 0. The second kappa shape index (κ2) is 4.02. The van der Waals surface area contributed by atoms with Crippen LogP contribution in [0.1, 0.15) is 5.89 Å². The van der Waals surface area contributed by atoms with E-state index in [0.29, 0.717) is 16.7 Å². The van der Waals surface area contributed by atoms with Crippen molar-refractivity contribution in [3.05, 3.63) is 40.9 Å². The van der Waals surface area contributed by atoms with E-state index in [9.17, 15) is 0 Å². The Kier molecular flexibility index (Phi) is 2.74. The third-order valence-electron chi connectivity index (χ3n) is 1.65. The molecule has 0 N–H and O–H groups in total. The molecule has 0 fully saturated rings. The van der Waals surface area contributed by atoms with Crippen LogP contribution < -0.4 is 0 Å². The van der Waals surface area contributed by atoms with E-state index in [-0.39, 0.29) is 0 Å². The van der Waals surface area contributed by atoms with Crippen molar-refractivity contribution in [1.82, 2.24) is 10.1 Å². The maximum absolute atomic E-state index is 5.75. The SMILES string of the molecule is S[CH]c1nc(-c2ccc(Cl)cc2)no1. The maximum atomic E-state index is 5.75. The van der Waals surface area contributed by atoms with Crippen LogP contribution in [-0.4, -0.2) is 10.1 Å². The molecular weight excluding hydrogens is 220 g/mol. The molecule has 14 heavy (non-hydrogen) atoms. The summed E-state index contributed by atoms with van der Waals surface area (Å²) >= 11 is 9.66. The summed E-state index contributed by atoms with van der Waals surface area (Å²) < 4.78 is 4.87. The third kappa shape index (κ3) is 1.91. The first kappa shape index (κ1) is 9.55. The minimum absolute atomic E-state index is 0.387. The van der Waals surface area contributed by atoms with Crippen molar-refractivity contribution in [1.29, 1.82) is 0 Å². The monoisotopic (exact) mass is 225 g/mol. The van der Waals surface area contributed by atoms with Crippen molar-refractivity contribution in [2.75, 3.05) is 0 Å². The van der Waals surface area contributed by atoms with Gasteiger partial charge in [-0.2, -0.15) is 17.6 Å². The topological polar surface area (TPSA) is 38.9 Å². The summed E-state index contributed by atoms with van der Waals surface area (Å²) in [5.74, 6) is 2.37. The molecule has 3 nitrogen and oxygen atoms in total. The van der Waals surface area contributed by atoms with Crippen molar-refractivity contribution >= 4 is 24.2 Å².